The number of carbonyl (C=O) groups is 1. The zero-order valence-corrected chi connectivity index (χ0v) is 18.1. The summed E-state index contributed by atoms with van der Waals surface area (Å²) in [7, 11) is -3.19. The maximum atomic E-state index is 13.0. The second-order valence-electron chi connectivity index (χ2n) is 6.61. The van der Waals surface area contributed by atoms with Crippen LogP contribution in [0.1, 0.15) is 5.56 Å². The van der Waals surface area contributed by atoms with Gasteiger partial charge in [-0.15, -0.1) is 0 Å². The van der Waals surface area contributed by atoms with E-state index in [4.69, 9.17) is 11.6 Å². The Balaban J connectivity index is 1.78. The Hall–Kier alpha value is -3.24. The average molecular weight is 484 g/mol. The van der Waals surface area contributed by atoms with E-state index in [0.717, 1.165) is 10.4 Å². The minimum Gasteiger partial charge on any atom is -0.308 e. The van der Waals surface area contributed by atoms with Crippen LogP contribution in [0.3, 0.4) is 0 Å². The third-order valence-electron chi connectivity index (χ3n) is 4.42. The van der Waals surface area contributed by atoms with Crippen molar-refractivity contribution in [3.63, 3.8) is 0 Å². The third-order valence-corrected chi connectivity index (χ3v) is 6.68. The molecule has 3 aromatic rings. The van der Waals surface area contributed by atoms with Crippen LogP contribution in [0.15, 0.2) is 77.7 Å². The van der Waals surface area contributed by atoms with E-state index >= 15 is 0 Å². The van der Waals surface area contributed by atoms with E-state index < -0.39 is 32.7 Å². The number of benzene rings is 3. The van der Waals surface area contributed by atoms with Crippen molar-refractivity contribution in [3.8, 4) is 0 Å². The highest BCUT2D eigenvalue weighted by atomic mass is 35.5. The number of para-hydroxylation sites is 1. The number of urea groups is 1. The highest BCUT2D eigenvalue weighted by Gasteiger charge is 2.33. The SMILES string of the molecule is CN(c1ccc(NC(=O)Nc2ccccc2)cc1)S(=O)(=O)c1cc(C(F)(F)F)ccc1Cl. The zero-order chi connectivity index (χ0) is 23.5. The van der Waals surface area contributed by atoms with Crippen molar-refractivity contribution < 1.29 is 26.4 Å². The first-order valence-corrected chi connectivity index (χ1v) is 10.9. The summed E-state index contributed by atoms with van der Waals surface area (Å²) in [5.74, 6) is 0. The highest BCUT2D eigenvalue weighted by molar-refractivity contribution is 7.93. The van der Waals surface area contributed by atoms with Gasteiger partial charge >= 0.3 is 12.2 Å². The van der Waals surface area contributed by atoms with E-state index in [2.05, 4.69) is 10.6 Å². The van der Waals surface area contributed by atoms with Crippen molar-refractivity contribution in [1.82, 2.24) is 0 Å². The predicted molar refractivity (Wildman–Crippen MR) is 118 cm³/mol. The minimum absolute atomic E-state index is 0.160. The van der Waals surface area contributed by atoms with Gasteiger partial charge in [-0.25, -0.2) is 13.2 Å². The normalized spacial score (nSPS) is 11.7. The molecule has 0 saturated carbocycles. The van der Waals surface area contributed by atoms with Gasteiger partial charge in [-0.05, 0) is 54.6 Å². The smallest absolute Gasteiger partial charge is 0.308 e. The molecule has 0 spiro atoms. The number of carbonyl (C=O) groups excluding carboxylic acids is 1. The van der Waals surface area contributed by atoms with E-state index in [0.29, 0.717) is 23.5 Å². The summed E-state index contributed by atoms with van der Waals surface area (Å²) in [4.78, 5) is 11.4. The molecule has 32 heavy (non-hydrogen) atoms. The van der Waals surface area contributed by atoms with Gasteiger partial charge in [0.15, 0.2) is 0 Å². The lowest BCUT2D eigenvalue weighted by molar-refractivity contribution is -0.137. The molecule has 0 aliphatic heterocycles. The molecule has 3 rings (SSSR count). The van der Waals surface area contributed by atoms with E-state index in [1.54, 1.807) is 30.3 Å². The van der Waals surface area contributed by atoms with Crippen molar-refractivity contribution >= 4 is 44.7 Å². The lowest BCUT2D eigenvalue weighted by Crippen LogP contribution is -2.27. The number of hydrogen-bond donors (Lipinski definition) is 2. The molecular weight excluding hydrogens is 467 g/mol. The molecule has 2 amide bonds. The van der Waals surface area contributed by atoms with Gasteiger partial charge in [0, 0.05) is 18.4 Å². The van der Waals surface area contributed by atoms with Gasteiger partial charge in [-0.2, -0.15) is 13.2 Å². The number of nitrogens with one attached hydrogen (secondary N) is 2. The fraction of sp³-hybridized carbons (Fsp3) is 0.0952. The van der Waals surface area contributed by atoms with Crippen LogP contribution in [-0.4, -0.2) is 21.5 Å². The Labute approximate surface area is 187 Å². The van der Waals surface area contributed by atoms with E-state index in [9.17, 15) is 26.4 Å². The first-order valence-electron chi connectivity index (χ1n) is 9.07. The molecule has 0 radical (unpaired) electrons. The summed E-state index contributed by atoms with van der Waals surface area (Å²) in [6.45, 7) is 0. The number of nitrogens with zero attached hydrogens (tertiary/aromatic N) is 1. The Morgan fingerprint density at radius 1 is 0.906 bits per heavy atom. The molecule has 0 unspecified atom stereocenters. The van der Waals surface area contributed by atoms with Crippen molar-refractivity contribution in [3.05, 3.63) is 83.4 Å². The van der Waals surface area contributed by atoms with Gasteiger partial charge in [0.05, 0.1) is 16.3 Å². The maximum Gasteiger partial charge on any atom is 0.416 e. The molecule has 0 bridgehead atoms. The van der Waals surface area contributed by atoms with Crippen LogP contribution in [0.5, 0.6) is 0 Å². The summed E-state index contributed by atoms with van der Waals surface area (Å²) < 4.78 is 65.6. The van der Waals surface area contributed by atoms with Crippen molar-refractivity contribution in [2.75, 3.05) is 22.0 Å². The quantitative estimate of drug-likeness (QED) is 0.479. The number of alkyl halides is 3. The molecule has 0 aliphatic rings. The molecule has 0 fully saturated rings. The molecule has 2 N–H and O–H groups in total. The molecule has 0 aromatic heterocycles. The molecule has 0 saturated heterocycles. The third kappa shape index (κ3) is 5.32. The molecule has 0 aliphatic carbocycles. The first kappa shape index (κ1) is 23.4. The fourth-order valence-electron chi connectivity index (χ4n) is 2.73. The summed E-state index contributed by atoms with van der Waals surface area (Å²) in [6, 6.07) is 16.1. The van der Waals surface area contributed by atoms with Crippen LogP contribution in [0.2, 0.25) is 5.02 Å². The van der Waals surface area contributed by atoms with Gasteiger partial charge in [0.2, 0.25) is 0 Å². The number of hydrogen-bond acceptors (Lipinski definition) is 3. The Morgan fingerprint density at radius 3 is 2.03 bits per heavy atom. The van der Waals surface area contributed by atoms with Crippen molar-refractivity contribution in [2.24, 2.45) is 0 Å². The monoisotopic (exact) mass is 483 g/mol. The minimum atomic E-state index is -4.72. The Morgan fingerprint density at radius 2 is 1.47 bits per heavy atom. The van der Waals surface area contributed by atoms with Crippen LogP contribution < -0.4 is 14.9 Å². The molecule has 0 heterocycles. The lowest BCUT2D eigenvalue weighted by Gasteiger charge is -2.21. The predicted octanol–water partition coefficient (Wildman–Crippen LogP) is 5.83. The van der Waals surface area contributed by atoms with Crippen LogP contribution in [0.4, 0.5) is 35.0 Å². The molecule has 0 atom stereocenters. The van der Waals surface area contributed by atoms with Crippen molar-refractivity contribution in [2.45, 2.75) is 11.1 Å². The van der Waals surface area contributed by atoms with E-state index in [-0.39, 0.29) is 10.7 Å². The van der Waals surface area contributed by atoms with Gasteiger partial charge in [-0.3, -0.25) is 4.31 Å². The van der Waals surface area contributed by atoms with Gasteiger partial charge < -0.3 is 10.6 Å². The second-order valence-corrected chi connectivity index (χ2v) is 8.95. The van der Waals surface area contributed by atoms with Crippen LogP contribution in [0, 0.1) is 0 Å². The van der Waals surface area contributed by atoms with Crippen molar-refractivity contribution in [1.29, 1.82) is 0 Å². The van der Waals surface area contributed by atoms with Crippen LogP contribution >= 0.6 is 11.6 Å². The molecule has 168 valence electrons. The summed E-state index contributed by atoms with van der Waals surface area (Å²) in [5, 5.41) is 4.90. The van der Waals surface area contributed by atoms with Gasteiger partial charge in [-0.1, -0.05) is 29.8 Å². The summed E-state index contributed by atoms with van der Waals surface area (Å²) in [5.41, 5.74) is 0.000778. The number of halogens is 4. The van der Waals surface area contributed by atoms with Crippen LogP contribution in [-0.2, 0) is 16.2 Å². The standard InChI is InChI=1S/C21H17ClF3N3O3S/c1-28(32(30,31)19-13-14(21(23,24)25)7-12-18(19)22)17-10-8-16(9-11-17)27-20(29)26-15-5-3-2-4-6-15/h2-13H,1H3,(H2,26,27,29). The van der Waals surface area contributed by atoms with Gasteiger partial charge in [0.1, 0.15) is 4.90 Å². The van der Waals surface area contributed by atoms with Gasteiger partial charge in [0.25, 0.3) is 10.0 Å². The number of rotatable bonds is 5. The van der Waals surface area contributed by atoms with Crippen LogP contribution in [0.25, 0.3) is 0 Å². The average Bonchev–Trinajstić information content (AvgIpc) is 2.73. The first-order chi connectivity index (χ1) is 15.0. The Bertz CT molecular complexity index is 1220. The maximum absolute atomic E-state index is 13.0. The Kier molecular flexibility index (Phi) is 6.65. The van der Waals surface area contributed by atoms with E-state index in [1.807, 2.05) is 0 Å². The molecular formula is C21H17ClF3N3O3S. The number of amides is 2. The molecule has 11 heteroatoms. The zero-order valence-electron chi connectivity index (χ0n) is 16.5. The topological polar surface area (TPSA) is 78.5 Å². The summed E-state index contributed by atoms with van der Waals surface area (Å²) >= 11 is 5.88. The summed E-state index contributed by atoms with van der Waals surface area (Å²) in [6.07, 6.45) is -4.72. The molecule has 6 nitrogen and oxygen atoms in total. The highest BCUT2D eigenvalue weighted by Crippen LogP contribution is 2.35. The lowest BCUT2D eigenvalue weighted by atomic mass is 10.2. The second kappa shape index (κ2) is 9.09. The number of sulfonamides is 1. The van der Waals surface area contributed by atoms with E-state index in [1.165, 1.54) is 31.3 Å². The fourth-order valence-corrected chi connectivity index (χ4v) is 4.43. The number of anilines is 3. The molecule has 3 aromatic carbocycles. The largest absolute Gasteiger partial charge is 0.416 e.